The Labute approximate surface area is 89.4 Å². The van der Waals surface area contributed by atoms with Crippen molar-refractivity contribution in [2.75, 3.05) is 11.9 Å². The third kappa shape index (κ3) is 1.82. The number of rotatable bonds is 0. The van der Waals surface area contributed by atoms with Gasteiger partial charge in [-0.05, 0) is 17.0 Å². The van der Waals surface area contributed by atoms with Crippen molar-refractivity contribution < 1.29 is 9.53 Å². The molecule has 80 valence electrons. The van der Waals surface area contributed by atoms with Crippen LogP contribution in [-0.2, 0) is 10.2 Å². The summed E-state index contributed by atoms with van der Waals surface area (Å²) in [5.74, 6) is 0.682. The molecule has 0 aromatic heterocycles. The molecular weight excluding hydrogens is 190 g/mol. The molecule has 0 aliphatic carbocycles. The highest BCUT2D eigenvalue weighted by atomic mass is 16.5. The van der Waals surface area contributed by atoms with Crippen LogP contribution in [-0.4, -0.2) is 12.5 Å². The van der Waals surface area contributed by atoms with Gasteiger partial charge in [-0.1, -0.05) is 32.9 Å². The number of hydrogen-bond acceptors (Lipinski definition) is 2. The number of anilines is 1. The van der Waals surface area contributed by atoms with E-state index in [-0.39, 0.29) is 17.9 Å². The molecular formula is C12H15NO2. The van der Waals surface area contributed by atoms with Crippen molar-refractivity contribution in [2.45, 2.75) is 26.2 Å². The summed E-state index contributed by atoms with van der Waals surface area (Å²) in [7, 11) is 0. The lowest BCUT2D eigenvalue weighted by atomic mass is 9.85. The Morgan fingerprint density at radius 2 is 2.07 bits per heavy atom. The Morgan fingerprint density at radius 1 is 1.33 bits per heavy atom. The molecule has 0 bridgehead atoms. The molecule has 1 aliphatic heterocycles. The van der Waals surface area contributed by atoms with E-state index in [1.807, 2.05) is 18.2 Å². The Balaban J connectivity index is 2.53. The van der Waals surface area contributed by atoms with Gasteiger partial charge in [-0.25, -0.2) is 0 Å². The Kier molecular flexibility index (Phi) is 2.18. The fraction of sp³-hybridized carbons (Fsp3) is 0.417. The largest absolute Gasteiger partial charge is 0.482 e. The van der Waals surface area contributed by atoms with E-state index >= 15 is 0 Å². The van der Waals surface area contributed by atoms with Gasteiger partial charge in [0.25, 0.3) is 5.91 Å². The molecule has 0 spiro atoms. The highest BCUT2D eigenvalue weighted by Gasteiger charge is 2.24. The van der Waals surface area contributed by atoms with E-state index in [0.29, 0.717) is 0 Å². The van der Waals surface area contributed by atoms with Crippen LogP contribution >= 0.6 is 0 Å². The van der Waals surface area contributed by atoms with Crippen LogP contribution in [0.25, 0.3) is 0 Å². The second kappa shape index (κ2) is 3.26. The fourth-order valence-electron chi connectivity index (χ4n) is 1.72. The number of ether oxygens (including phenoxy) is 1. The maximum absolute atomic E-state index is 11.3. The molecule has 1 amide bonds. The number of benzene rings is 1. The minimum atomic E-state index is -0.0841. The van der Waals surface area contributed by atoms with Crippen LogP contribution in [0.5, 0.6) is 5.75 Å². The van der Waals surface area contributed by atoms with Gasteiger partial charge in [0.1, 0.15) is 5.75 Å². The van der Waals surface area contributed by atoms with Crippen molar-refractivity contribution in [3.05, 3.63) is 23.8 Å². The molecule has 1 aromatic rings. The number of carbonyl (C=O) groups is 1. The second-order valence-electron chi connectivity index (χ2n) is 4.77. The van der Waals surface area contributed by atoms with E-state index in [2.05, 4.69) is 26.1 Å². The molecule has 3 nitrogen and oxygen atoms in total. The second-order valence-corrected chi connectivity index (χ2v) is 4.77. The van der Waals surface area contributed by atoms with E-state index in [1.165, 1.54) is 0 Å². The van der Waals surface area contributed by atoms with Crippen LogP contribution in [0.2, 0.25) is 0 Å². The molecule has 0 fully saturated rings. The molecule has 0 saturated carbocycles. The predicted molar refractivity (Wildman–Crippen MR) is 59.3 cm³/mol. The van der Waals surface area contributed by atoms with Gasteiger partial charge >= 0.3 is 0 Å². The number of para-hydroxylation sites is 1. The zero-order valence-corrected chi connectivity index (χ0v) is 9.26. The van der Waals surface area contributed by atoms with E-state index in [0.717, 1.165) is 17.0 Å². The molecule has 0 radical (unpaired) electrons. The highest BCUT2D eigenvalue weighted by Crippen LogP contribution is 2.37. The van der Waals surface area contributed by atoms with Crippen LogP contribution in [0.1, 0.15) is 26.3 Å². The lowest BCUT2D eigenvalue weighted by Crippen LogP contribution is -2.28. The number of nitrogens with one attached hydrogen (secondary N) is 1. The summed E-state index contributed by atoms with van der Waals surface area (Å²) in [6.07, 6.45) is 0. The standard InChI is InChI=1S/C12H15NO2/c1-12(2,3)8-5-4-6-9-11(8)13-10(14)7-15-9/h4-6H,7H2,1-3H3,(H,13,14). The molecule has 15 heavy (non-hydrogen) atoms. The summed E-state index contributed by atoms with van der Waals surface area (Å²) < 4.78 is 5.36. The minimum absolute atomic E-state index is 0.000671. The normalized spacial score (nSPS) is 15.3. The van der Waals surface area contributed by atoms with E-state index in [1.54, 1.807) is 0 Å². The summed E-state index contributed by atoms with van der Waals surface area (Å²) >= 11 is 0. The number of amides is 1. The third-order valence-electron chi connectivity index (χ3n) is 2.46. The van der Waals surface area contributed by atoms with Gasteiger partial charge < -0.3 is 10.1 Å². The van der Waals surface area contributed by atoms with Gasteiger partial charge in [0.2, 0.25) is 0 Å². The molecule has 1 aliphatic rings. The number of fused-ring (bicyclic) bond motifs is 1. The first-order valence-corrected chi connectivity index (χ1v) is 5.04. The topological polar surface area (TPSA) is 38.3 Å². The summed E-state index contributed by atoms with van der Waals surface area (Å²) in [4.78, 5) is 11.3. The Bertz CT molecular complexity index is 405. The van der Waals surface area contributed by atoms with E-state index < -0.39 is 0 Å². The molecule has 1 aromatic carbocycles. The predicted octanol–water partition coefficient (Wildman–Crippen LogP) is 2.32. The Morgan fingerprint density at radius 3 is 2.73 bits per heavy atom. The van der Waals surface area contributed by atoms with Gasteiger partial charge in [-0.2, -0.15) is 0 Å². The number of hydrogen-bond donors (Lipinski definition) is 1. The van der Waals surface area contributed by atoms with Crippen LogP contribution in [0.3, 0.4) is 0 Å². The van der Waals surface area contributed by atoms with Gasteiger partial charge in [0.15, 0.2) is 6.61 Å². The maximum Gasteiger partial charge on any atom is 0.262 e. The molecule has 1 heterocycles. The molecule has 0 atom stereocenters. The molecule has 2 rings (SSSR count). The summed E-state index contributed by atoms with van der Waals surface area (Å²) in [6, 6.07) is 5.86. The molecule has 1 N–H and O–H groups in total. The van der Waals surface area contributed by atoms with Crippen LogP contribution in [0, 0.1) is 0 Å². The third-order valence-corrected chi connectivity index (χ3v) is 2.46. The maximum atomic E-state index is 11.3. The van der Waals surface area contributed by atoms with Crippen molar-refractivity contribution in [1.82, 2.24) is 0 Å². The smallest absolute Gasteiger partial charge is 0.262 e. The van der Waals surface area contributed by atoms with Crippen molar-refractivity contribution in [1.29, 1.82) is 0 Å². The summed E-state index contributed by atoms with van der Waals surface area (Å²) in [6.45, 7) is 6.46. The molecule has 0 saturated heterocycles. The van der Waals surface area contributed by atoms with Crippen molar-refractivity contribution in [2.24, 2.45) is 0 Å². The van der Waals surface area contributed by atoms with Crippen molar-refractivity contribution in [3.63, 3.8) is 0 Å². The average molecular weight is 205 g/mol. The first-order valence-electron chi connectivity index (χ1n) is 5.04. The van der Waals surface area contributed by atoms with Crippen LogP contribution < -0.4 is 10.1 Å². The lowest BCUT2D eigenvalue weighted by molar-refractivity contribution is -0.118. The first-order chi connectivity index (χ1) is 6.98. The summed E-state index contributed by atoms with van der Waals surface area (Å²) in [5.41, 5.74) is 1.92. The quantitative estimate of drug-likeness (QED) is 0.705. The molecule has 0 unspecified atom stereocenters. The van der Waals surface area contributed by atoms with Gasteiger partial charge in [0, 0.05) is 0 Å². The van der Waals surface area contributed by atoms with Crippen molar-refractivity contribution >= 4 is 11.6 Å². The SMILES string of the molecule is CC(C)(C)c1cccc2c1NC(=O)CO2. The monoisotopic (exact) mass is 205 g/mol. The lowest BCUT2D eigenvalue weighted by Gasteiger charge is -2.27. The van der Waals surface area contributed by atoms with E-state index in [4.69, 9.17) is 4.74 Å². The average Bonchev–Trinajstić information content (AvgIpc) is 2.15. The molecule has 3 heteroatoms. The first kappa shape index (κ1) is 10.0. The fourth-order valence-corrected chi connectivity index (χ4v) is 1.72. The van der Waals surface area contributed by atoms with Crippen LogP contribution in [0.4, 0.5) is 5.69 Å². The minimum Gasteiger partial charge on any atom is -0.482 e. The Hall–Kier alpha value is -1.51. The zero-order chi connectivity index (χ0) is 11.1. The van der Waals surface area contributed by atoms with Crippen molar-refractivity contribution in [3.8, 4) is 5.75 Å². The van der Waals surface area contributed by atoms with Gasteiger partial charge in [-0.3, -0.25) is 4.79 Å². The number of carbonyl (C=O) groups excluding carboxylic acids is 1. The highest BCUT2D eigenvalue weighted by molar-refractivity contribution is 5.96. The summed E-state index contributed by atoms with van der Waals surface area (Å²) in [5, 5.41) is 2.87. The van der Waals surface area contributed by atoms with Gasteiger partial charge in [-0.15, -0.1) is 0 Å². The van der Waals surface area contributed by atoms with Gasteiger partial charge in [0.05, 0.1) is 5.69 Å². The van der Waals surface area contributed by atoms with E-state index in [9.17, 15) is 4.79 Å². The zero-order valence-electron chi connectivity index (χ0n) is 9.26. The van der Waals surface area contributed by atoms with Crippen LogP contribution in [0.15, 0.2) is 18.2 Å².